The van der Waals surface area contributed by atoms with Crippen LogP contribution in [0.2, 0.25) is 0 Å². The topological polar surface area (TPSA) is 42.4 Å². The third-order valence-corrected chi connectivity index (χ3v) is 5.56. The molecule has 1 saturated heterocycles. The van der Waals surface area contributed by atoms with E-state index in [1.807, 2.05) is 41.3 Å². The maximum atomic E-state index is 13.0. The van der Waals surface area contributed by atoms with Gasteiger partial charge in [-0.1, -0.05) is 18.2 Å². The molecule has 2 aromatic carbocycles. The van der Waals surface area contributed by atoms with Crippen molar-refractivity contribution in [3.05, 3.63) is 59.1 Å². The van der Waals surface area contributed by atoms with Crippen LogP contribution in [0.25, 0.3) is 10.2 Å². The summed E-state index contributed by atoms with van der Waals surface area (Å²) in [6, 6.07) is 15.6. The van der Waals surface area contributed by atoms with Gasteiger partial charge in [0.2, 0.25) is 0 Å². The number of benzene rings is 2. The number of carbonyl (C=O) groups excluding carboxylic acids is 1. The van der Waals surface area contributed by atoms with Crippen LogP contribution in [-0.2, 0) is 0 Å². The Morgan fingerprint density at radius 1 is 1.25 bits per heavy atom. The maximum absolute atomic E-state index is 13.0. The predicted molar refractivity (Wildman–Crippen MR) is 95.6 cm³/mol. The fourth-order valence-electron chi connectivity index (χ4n) is 3.22. The second kappa shape index (κ2) is 6.24. The number of carbonyl (C=O) groups is 1. The maximum Gasteiger partial charge on any atom is 0.254 e. The van der Waals surface area contributed by atoms with Gasteiger partial charge in [0.25, 0.3) is 5.91 Å². The Balaban J connectivity index is 1.65. The van der Waals surface area contributed by atoms with Gasteiger partial charge >= 0.3 is 0 Å². The Morgan fingerprint density at radius 3 is 2.96 bits per heavy atom. The van der Waals surface area contributed by atoms with E-state index in [2.05, 4.69) is 6.07 Å². The summed E-state index contributed by atoms with van der Waals surface area (Å²) in [5, 5.41) is 1.03. The lowest BCUT2D eigenvalue weighted by Crippen LogP contribution is -2.30. The smallest absolute Gasteiger partial charge is 0.254 e. The Bertz CT molecular complexity index is 857. The zero-order chi connectivity index (χ0) is 16.5. The minimum Gasteiger partial charge on any atom is -0.497 e. The zero-order valence-corrected chi connectivity index (χ0v) is 14.3. The van der Waals surface area contributed by atoms with Crippen molar-refractivity contribution in [3.63, 3.8) is 0 Å². The van der Waals surface area contributed by atoms with Gasteiger partial charge in [0.1, 0.15) is 10.8 Å². The number of hydrogen-bond donors (Lipinski definition) is 0. The number of methoxy groups -OCH3 is 1. The highest BCUT2D eigenvalue weighted by Crippen LogP contribution is 2.37. The Kier molecular flexibility index (Phi) is 3.94. The van der Waals surface area contributed by atoms with Crippen LogP contribution in [0.3, 0.4) is 0 Å². The number of likely N-dealkylation sites (tertiary alicyclic amines) is 1. The SMILES string of the molecule is COc1cccc(C(=O)N2CCC[C@H]2c2nc3ccccc3s2)c1. The third-order valence-electron chi connectivity index (χ3n) is 4.43. The van der Waals surface area contributed by atoms with Crippen LogP contribution in [0.5, 0.6) is 5.75 Å². The normalized spacial score (nSPS) is 17.4. The van der Waals surface area contributed by atoms with Gasteiger partial charge in [-0.3, -0.25) is 4.79 Å². The van der Waals surface area contributed by atoms with E-state index in [0.717, 1.165) is 29.9 Å². The van der Waals surface area contributed by atoms with Crippen molar-refractivity contribution in [1.82, 2.24) is 9.88 Å². The second-order valence-electron chi connectivity index (χ2n) is 5.91. The summed E-state index contributed by atoms with van der Waals surface area (Å²) >= 11 is 1.69. The molecular weight excluding hydrogens is 320 g/mol. The Hall–Kier alpha value is -2.40. The summed E-state index contributed by atoms with van der Waals surface area (Å²) < 4.78 is 6.41. The molecule has 1 atom stereocenters. The van der Waals surface area contributed by atoms with E-state index >= 15 is 0 Å². The van der Waals surface area contributed by atoms with Gasteiger partial charge in [-0.05, 0) is 43.2 Å². The van der Waals surface area contributed by atoms with Gasteiger partial charge in [-0.15, -0.1) is 11.3 Å². The first kappa shape index (κ1) is 15.1. The van der Waals surface area contributed by atoms with Crippen molar-refractivity contribution in [1.29, 1.82) is 0 Å². The fourth-order valence-corrected chi connectivity index (χ4v) is 4.34. The number of fused-ring (bicyclic) bond motifs is 1. The van der Waals surface area contributed by atoms with Crippen LogP contribution >= 0.6 is 11.3 Å². The molecule has 1 amide bonds. The lowest BCUT2D eigenvalue weighted by molar-refractivity contribution is 0.0735. The predicted octanol–water partition coefficient (Wildman–Crippen LogP) is 4.28. The van der Waals surface area contributed by atoms with Gasteiger partial charge in [-0.25, -0.2) is 4.98 Å². The van der Waals surface area contributed by atoms with Gasteiger partial charge in [0.05, 0.1) is 23.4 Å². The standard InChI is InChI=1S/C19H18N2O2S/c1-23-14-7-4-6-13(12-14)19(22)21-11-5-9-16(21)18-20-15-8-2-3-10-17(15)24-18/h2-4,6-8,10,12,16H,5,9,11H2,1H3/t16-/m0/s1. The molecule has 0 unspecified atom stereocenters. The molecule has 5 heteroatoms. The van der Waals surface area contributed by atoms with Crippen molar-refractivity contribution < 1.29 is 9.53 Å². The monoisotopic (exact) mass is 338 g/mol. The molecule has 3 aromatic rings. The van der Waals surface area contributed by atoms with Crippen LogP contribution in [0.15, 0.2) is 48.5 Å². The molecule has 4 nitrogen and oxygen atoms in total. The van der Waals surface area contributed by atoms with Crippen LogP contribution in [0, 0.1) is 0 Å². The van der Waals surface area contributed by atoms with Gasteiger partial charge < -0.3 is 9.64 Å². The van der Waals surface area contributed by atoms with E-state index in [1.165, 1.54) is 4.70 Å². The number of nitrogens with zero attached hydrogens (tertiary/aromatic N) is 2. The number of rotatable bonds is 3. The molecule has 122 valence electrons. The van der Waals surface area contributed by atoms with Crippen LogP contribution in [0.1, 0.15) is 34.2 Å². The summed E-state index contributed by atoms with van der Waals surface area (Å²) in [7, 11) is 1.61. The first-order valence-corrected chi connectivity index (χ1v) is 8.88. The van der Waals surface area contributed by atoms with Crippen LogP contribution < -0.4 is 4.74 Å². The minimum absolute atomic E-state index is 0.0515. The summed E-state index contributed by atoms with van der Waals surface area (Å²) in [5.41, 5.74) is 1.68. The molecule has 1 aromatic heterocycles. The molecule has 1 aliphatic rings. The first-order valence-electron chi connectivity index (χ1n) is 8.07. The van der Waals surface area contributed by atoms with Gasteiger partial charge in [-0.2, -0.15) is 0 Å². The minimum atomic E-state index is 0.0515. The Labute approximate surface area is 144 Å². The van der Waals surface area contributed by atoms with E-state index in [9.17, 15) is 4.79 Å². The zero-order valence-electron chi connectivity index (χ0n) is 13.4. The number of para-hydroxylation sites is 1. The van der Waals surface area contributed by atoms with Crippen molar-refractivity contribution in [2.75, 3.05) is 13.7 Å². The molecule has 0 saturated carbocycles. The largest absolute Gasteiger partial charge is 0.497 e. The van der Waals surface area contributed by atoms with Crippen molar-refractivity contribution in [3.8, 4) is 5.75 Å². The third kappa shape index (κ3) is 2.65. The average molecular weight is 338 g/mol. The fraction of sp³-hybridized carbons (Fsp3) is 0.263. The summed E-state index contributed by atoms with van der Waals surface area (Å²) in [6.07, 6.45) is 1.98. The number of hydrogen-bond acceptors (Lipinski definition) is 4. The highest BCUT2D eigenvalue weighted by Gasteiger charge is 2.32. The lowest BCUT2D eigenvalue weighted by atomic mass is 10.1. The molecule has 0 bridgehead atoms. The molecule has 0 N–H and O–H groups in total. The Morgan fingerprint density at radius 2 is 2.12 bits per heavy atom. The van der Waals surface area contributed by atoms with E-state index in [4.69, 9.17) is 9.72 Å². The second-order valence-corrected chi connectivity index (χ2v) is 6.97. The van der Waals surface area contributed by atoms with Crippen molar-refractivity contribution in [2.24, 2.45) is 0 Å². The van der Waals surface area contributed by atoms with Crippen molar-refractivity contribution in [2.45, 2.75) is 18.9 Å². The lowest BCUT2D eigenvalue weighted by Gasteiger charge is -2.23. The molecule has 2 heterocycles. The number of ether oxygens (including phenoxy) is 1. The molecule has 4 rings (SSSR count). The molecular formula is C19H18N2O2S. The summed E-state index contributed by atoms with van der Waals surface area (Å²) in [4.78, 5) is 19.7. The molecule has 1 aliphatic heterocycles. The quantitative estimate of drug-likeness (QED) is 0.716. The molecule has 0 radical (unpaired) electrons. The van der Waals surface area contributed by atoms with Gasteiger partial charge in [0, 0.05) is 12.1 Å². The highest BCUT2D eigenvalue weighted by molar-refractivity contribution is 7.18. The molecule has 24 heavy (non-hydrogen) atoms. The number of amides is 1. The number of aromatic nitrogens is 1. The molecule has 0 aliphatic carbocycles. The number of thiazole rings is 1. The summed E-state index contributed by atoms with van der Waals surface area (Å²) in [5.74, 6) is 0.757. The van der Waals surface area contributed by atoms with E-state index in [1.54, 1.807) is 24.5 Å². The average Bonchev–Trinajstić information content (AvgIpc) is 3.27. The molecule has 0 spiro atoms. The van der Waals surface area contributed by atoms with Crippen molar-refractivity contribution >= 4 is 27.5 Å². The van der Waals surface area contributed by atoms with E-state index in [0.29, 0.717) is 11.3 Å². The molecule has 1 fully saturated rings. The van der Waals surface area contributed by atoms with E-state index < -0.39 is 0 Å². The summed E-state index contributed by atoms with van der Waals surface area (Å²) in [6.45, 7) is 0.774. The van der Waals surface area contributed by atoms with E-state index in [-0.39, 0.29) is 11.9 Å². The first-order chi connectivity index (χ1) is 11.8. The van der Waals surface area contributed by atoms with Crippen LogP contribution in [0.4, 0.5) is 0 Å². The van der Waals surface area contributed by atoms with Crippen LogP contribution in [-0.4, -0.2) is 29.4 Å². The van der Waals surface area contributed by atoms with Gasteiger partial charge in [0.15, 0.2) is 0 Å². The highest BCUT2D eigenvalue weighted by atomic mass is 32.1.